The third-order valence-corrected chi connectivity index (χ3v) is 6.60. The van der Waals surface area contributed by atoms with Gasteiger partial charge in [-0.2, -0.15) is 0 Å². The second-order valence-corrected chi connectivity index (χ2v) is 8.89. The predicted octanol–water partition coefficient (Wildman–Crippen LogP) is 2.53. The number of halogens is 2. The molecule has 0 saturated carbocycles. The number of carbonyl (C=O) groups excluding carboxylic acids is 1. The first kappa shape index (κ1) is 20.7. The lowest BCUT2D eigenvalue weighted by atomic mass is 10.1. The van der Waals surface area contributed by atoms with E-state index in [9.17, 15) is 23.5 Å². The molecule has 1 fully saturated rings. The van der Waals surface area contributed by atoms with Gasteiger partial charge in [0, 0.05) is 25.2 Å². The Labute approximate surface area is 184 Å². The third kappa shape index (κ3) is 3.47. The third-order valence-electron chi connectivity index (χ3n) is 5.64. The molecule has 2 aliphatic rings. The van der Waals surface area contributed by atoms with Gasteiger partial charge in [0.05, 0.1) is 18.2 Å². The molecule has 1 amide bonds. The molecule has 1 aromatic carbocycles. The number of rotatable bonds is 3. The number of aromatic nitrogens is 3. The average Bonchev–Trinajstić information content (AvgIpc) is 3.20. The number of amides is 1. The van der Waals surface area contributed by atoms with Gasteiger partial charge in [-0.25, -0.2) is 8.78 Å². The largest absolute Gasteiger partial charge is 0.503 e. The van der Waals surface area contributed by atoms with Crippen LogP contribution in [-0.4, -0.2) is 49.6 Å². The van der Waals surface area contributed by atoms with Crippen molar-refractivity contribution in [3.63, 3.8) is 0 Å². The van der Waals surface area contributed by atoms with Crippen LogP contribution in [0.2, 0.25) is 0 Å². The van der Waals surface area contributed by atoms with Crippen LogP contribution in [0.3, 0.4) is 0 Å². The van der Waals surface area contributed by atoms with Gasteiger partial charge >= 0.3 is 0 Å². The maximum Gasteiger partial charge on any atom is 0.276 e. The van der Waals surface area contributed by atoms with Crippen molar-refractivity contribution in [2.24, 2.45) is 0 Å². The molecular weight excluding hydrogens is 442 g/mol. The van der Waals surface area contributed by atoms with E-state index in [1.165, 1.54) is 21.7 Å². The molecule has 0 radical (unpaired) electrons. The topological polar surface area (TPSA) is 97.5 Å². The summed E-state index contributed by atoms with van der Waals surface area (Å²) in [5.41, 5.74) is -0.482. The minimum Gasteiger partial charge on any atom is -0.503 e. The number of benzene rings is 1. The molecule has 8 nitrogen and oxygen atoms in total. The highest BCUT2D eigenvalue weighted by atomic mass is 32.1. The van der Waals surface area contributed by atoms with Crippen molar-refractivity contribution < 1.29 is 23.4 Å². The highest BCUT2D eigenvalue weighted by Crippen LogP contribution is 2.31. The second kappa shape index (κ2) is 7.75. The molecule has 1 saturated heterocycles. The van der Waals surface area contributed by atoms with Crippen LogP contribution in [0.15, 0.2) is 29.2 Å². The number of hydrogen-bond donors (Lipinski definition) is 1. The summed E-state index contributed by atoms with van der Waals surface area (Å²) in [6.07, 6.45) is 1.73. The van der Waals surface area contributed by atoms with E-state index in [1.807, 2.05) is 6.92 Å². The van der Waals surface area contributed by atoms with Crippen LogP contribution >= 0.6 is 11.3 Å². The van der Waals surface area contributed by atoms with E-state index in [-0.39, 0.29) is 40.9 Å². The molecule has 32 heavy (non-hydrogen) atoms. The van der Waals surface area contributed by atoms with Gasteiger partial charge in [0.25, 0.3) is 5.91 Å². The smallest absolute Gasteiger partial charge is 0.276 e. The van der Waals surface area contributed by atoms with Crippen molar-refractivity contribution in [3.8, 4) is 16.3 Å². The first-order chi connectivity index (χ1) is 15.3. The summed E-state index contributed by atoms with van der Waals surface area (Å²) in [5, 5.41) is 19.2. The number of aromatic hydroxyl groups is 1. The molecule has 166 valence electrons. The molecule has 5 rings (SSSR count). The van der Waals surface area contributed by atoms with Crippen molar-refractivity contribution in [2.75, 3.05) is 6.54 Å². The summed E-state index contributed by atoms with van der Waals surface area (Å²) in [4.78, 5) is 27.2. The molecular formula is C21H18F2N4O4S. The van der Waals surface area contributed by atoms with Gasteiger partial charge in [-0.05, 0) is 25.0 Å². The summed E-state index contributed by atoms with van der Waals surface area (Å²) in [6, 6.07) is 3.27. The van der Waals surface area contributed by atoms with E-state index in [0.717, 1.165) is 23.5 Å². The first-order valence-corrected chi connectivity index (χ1v) is 10.8. The molecule has 11 heteroatoms. The Hall–Kier alpha value is -3.18. The summed E-state index contributed by atoms with van der Waals surface area (Å²) in [5.74, 6) is -2.48. The average molecular weight is 460 g/mol. The van der Waals surface area contributed by atoms with Crippen molar-refractivity contribution in [2.45, 2.75) is 38.6 Å². The fourth-order valence-electron chi connectivity index (χ4n) is 3.99. The Kier molecular flexibility index (Phi) is 5.01. The number of nitrogens with zero attached hydrogens (tertiary/aromatic N) is 4. The molecule has 2 atom stereocenters. The molecule has 0 bridgehead atoms. The molecule has 1 N–H and O–H groups in total. The van der Waals surface area contributed by atoms with E-state index < -0.39 is 34.9 Å². The SMILES string of the molecule is C[C@@H]1CCN2C(=O)c3c(O)c(=O)c(-c4nnc(Cc5ccc(F)cc5F)s4)cn3CC2O1. The number of pyridine rings is 1. The van der Waals surface area contributed by atoms with Crippen LogP contribution in [0.4, 0.5) is 8.78 Å². The van der Waals surface area contributed by atoms with Crippen LogP contribution in [0.25, 0.3) is 10.6 Å². The molecule has 4 heterocycles. The second-order valence-electron chi connectivity index (χ2n) is 7.82. The van der Waals surface area contributed by atoms with Crippen molar-refractivity contribution in [1.82, 2.24) is 19.7 Å². The molecule has 0 aliphatic carbocycles. The lowest BCUT2D eigenvalue weighted by Gasteiger charge is -2.42. The predicted molar refractivity (Wildman–Crippen MR) is 110 cm³/mol. The van der Waals surface area contributed by atoms with Crippen LogP contribution in [0, 0.1) is 11.6 Å². The standard InChI is InChI=1S/C21H18F2N4O4S/c1-10-4-5-27-16(31-10)9-26-8-13(18(28)19(29)17(26)21(27)30)20-25-24-15(32-20)6-11-2-3-12(22)7-14(11)23/h2-3,7-8,10,16,29H,4-6,9H2,1H3/t10-,16?/m1/s1. The quantitative estimate of drug-likeness (QED) is 0.645. The Bertz CT molecular complexity index is 1290. The highest BCUT2D eigenvalue weighted by molar-refractivity contribution is 7.14. The molecule has 2 aromatic heterocycles. The van der Waals surface area contributed by atoms with Crippen LogP contribution in [0.5, 0.6) is 5.75 Å². The van der Waals surface area contributed by atoms with E-state index in [4.69, 9.17) is 4.74 Å². The summed E-state index contributed by atoms with van der Waals surface area (Å²) < 4.78 is 34.4. The van der Waals surface area contributed by atoms with E-state index in [0.29, 0.717) is 18.0 Å². The summed E-state index contributed by atoms with van der Waals surface area (Å²) in [7, 11) is 0. The fraction of sp³-hybridized carbons (Fsp3) is 0.333. The van der Waals surface area contributed by atoms with E-state index >= 15 is 0 Å². The van der Waals surface area contributed by atoms with Gasteiger partial charge in [0.1, 0.15) is 16.6 Å². The zero-order chi connectivity index (χ0) is 22.6. The highest BCUT2D eigenvalue weighted by Gasteiger charge is 2.39. The minimum absolute atomic E-state index is 0.00405. The number of hydrogen-bond acceptors (Lipinski definition) is 7. The van der Waals surface area contributed by atoms with Crippen LogP contribution in [-0.2, 0) is 17.7 Å². The number of ether oxygens (including phenoxy) is 1. The lowest BCUT2D eigenvalue weighted by molar-refractivity contribution is -0.127. The van der Waals surface area contributed by atoms with Crippen molar-refractivity contribution >= 4 is 17.2 Å². The van der Waals surface area contributed by atoms with E-state index in [1.54, 1.807) is 0 Å². The minimum atomic E-state index is -0.731. The zero-order valence-electron chi connectivity index (χ0n) is 16.9. The normalized spacial score (nSPS) is 20.2. The van der Waals surface area contributed by atoms with Gasteiger partial charge in [0.2, 0.25) is 5.43 Å². The Morgan fingerprint density at radius 2 is 2.09 bits per heavy atom. The van der Waals surface area contributed by atoms with E-state index in [2.05, 4.69) is 10.2 Å². The lowest BCUT2D eigenvalue weighted by Crippen LogP contribution is -2.54. The fourth-order valence-corrected chi connectivity index (χ4v) is 4.85. The maximum atomic E-state index is 14.0. The molecule has 0 spiro atoms. The van der Waals surface area contributed by atoms with Gasteiger partial charge < -0.3 is 19.3 Å². The van der Waals surface area contributed by atoms with Gasteiger partial charge in [-0.1, -0.05) is 17.4 Å². The maximum absolute atomic E-state index is 14.0. The summed E-state index contributed by atoms with van der Waals surface area (Å²) in [6.45, 7) is 2.68. The monoisotopic (exact) mass is 460 g/mol. The van der Waals surface area contributed by atoms with Gasteiger partial charge in [-0.3, -0.25) is 9.59 Å². The molecule has 1 unspecified atom stereocenters. The Morgan fingerprint density at radius 3 is 2.88 bits per heavy atom. The number of fused-ring (bicyclic) bond motifs is 2. The molecule has 3 aromatic rings. The summed E-state index contributed by atoms with van der Waals surface area (Å²) >= 11 is 1.06. The number of carbonyl (C=O) groups is 1. The Balaban J connectivity index is 1.49. The van der Waals surface area contributed by atoms with Gasteiger partial charge in [-0.15, -0.1) is 10.2 Å². The van der Waals surface area contributed by atoms with Crippen LogP contribution < -0.4 is 5.43 Å². The zero-order valence-corrected chi connectivity index (χ0v) is 17.7. The Morgan fingerprint density at radius 1 is 1.28 bits per heavy atom. The first-order valence-electron chi connectivity index (χ1n) is 10.0. The van der Waals surface area contributed by atoms with Crippen molar-refractivity contribution in [1.29, 1.82) is 0 Å². The molecule has 2 aliphatic heterocycles. The van der Waals surface area contributed by atoms with Crippen LogP contribution in [0.1, 0.15) is 34.4 Å². The van der Waals surface area contributed by atoms with Crippen molar-refractivity contribution in [3.05, 3.63) is 62.5 Å². The van der Waals surface area contributed by atoms with Gasteiger partial charge in [0.15, 0.2) is 22.7 Å².